The molecule has 246 valence electrons. The lowest BCUT2D eigenvalue weighted by Crippen LogP contribution is -2.62. The van der Waals surface area contributed by atoms with E-state index in [0.29, 0.717) is 31.4 Å². The standard InChI is InChI=1S/C34H46N2O9/c1-4-44-31(42)26(15-20-5-8-23(38)9-6-20)35-29(41)19-45-36-22-11-13-32(2)21(16-22)7-10-24-25-12-14-34(43,28(40)18-37)33(25,3)17-27(39)30(24)32/h5-6,8-9,16,24-27,30,37-39,43H,4,7,10-15,17-19H2,1-3H3,(H,35,41)/b36-22+/t24?,25?,26?,27?,30?,32-,33-,34-/m0/s1. The van der Waals surface area contributed by atoms with Gasteiger partial charge in [-0.05, 0) is 98.8 Å². The quantitative estimate of drug-likeness (QED) is 0.193. The van der Waals surface area contributed by atoms with Crippen LogP contribution >= 0.6 is 0 Å². The van der Waals surface area contributed by atoms with Crippen LogP contribution in [0.1, 0.15) is 71.3 Å². The third-order valence-corrected chi connectivity index (χ3v) is 11.3. The molecule has 4 aliphatic carbocycles. The van der Waals surface area contributed by atoms with Gasteiger partial charge in [0.25, 0.3) is 5.91 Å². The van der Waals surface area contributed by atoms with Gasteiger partial charge in [-0.1, -0.05) is 36.7 Å². The van der Waals surface area contributed by atoms with E-state index in [1.165, 1.54) is 17.7 Å². The second kappa shape index (κ2) is 12.8. The minimum absolute atomic E-state index is 0.0243. The van der Waals surface area contributed by atoms with Gasteiger partial charge in [-0.2, -0.15) is 0 Å². The highest BCUT2D eigenvalue weighted by atomic mass is 16.6. The van der Waals surface area contributed by atoms with Crippen molar-refractivity contribution >= 4 is 23.4 Å². The smallest absolute Gasteiger partial charge is 0.328 e. The van der Waals surface area contributed by atoms with Gasteiger partial charge in [-0.15, -0.1) is 0 Å². The zero-order chi connectivity index (χ0) is 32.6. The van der Waals surface area contributed by atoms with Crippen LogP contribution in [0.25, 0.3) is 0 Å². The van der Waals surface area contributed by atoms with Gasteiger partial charge >= 0.3 is 5.97 Å². The molecule has 5 unspecified atom stereocenters. The first kappa shape index (κ1) is 33.1. The maximum Gasteiger partial charge on any atom is 0.328 e. The van der Waals surface area contributed by atoms with Crippen molar-refractivity contribution in [2.75, 3.05) is 19.8 Å². The number of ether oxygens (including phenoxy) is 1. The van der Waals surface area contributed by atoms with Crippen molar-refractivity contribution in [1.29, 1.82) is 0 Å². The van der Waals surface area contributed by atoms with Gasteiger partial charge in [-0.25, -0.2) is 4.79 Å². The number of ketones is 1. The summed E-state index contributed by atoms with van der Waals surface area (Å²) in [6.07, 6.45) is 5.76. The molecule has 1 aromatic rings. The van der Waals surface area contributed by atoms with Crippen LogP contribution in [-0.2, 0) is 30.4 Å². The Morgan fingerprint density at radius 3 is 2.53 bits per heavy atom. The highest BCUT2D eigenvalue weighted by Crippen LogP contribution is 2.67. The molecule has 3 saturated carbocycles. The van der Waals surface area contributed by atoms with Gasteiger partial charge in [0.15, 0.2) is 12.4 Å². The van der Waals surface area contributed by atoms with Crippen molar-refractivity contribution in [3.8, 4) is 5.75 Å². The molecule has 0 radical (unpaired) electrons. The number of phenols is 1. The fraction of sp³-hybridized carbons (Fsp3) is 0.647. The van der Waals surface area contributed by atoms with Gasteiger partial charge in [0, 0.05) is 11.8 Å². The van der Waals surface area contributed by atoms with E-state index < -0.39 is 47.4 Å². The van der Waals surface area contributed by atoms with Crippen molar-refractivity contribution < 1.29 is 44.4 Å². The number of rotatable bonds is 10. The zero-order valence-electron chi connectivity index (χ0n) is 26.3. The number of carbonyl (C=O) groups excluding carboxylic acids is 3. The largest absolute Gasteiger partial charge is 0.508 e. The number of aliphatic hydroxyl groups is 3. The first-order valence-corrected chi connectivity index (χ1v) is 16.0. The number of nitrogens with zero attached hydrogens (tertiary/aromatic N) is 1. The molecule has 0 aromatic heterocycles. The van der Waals surface area contributed by atoms with Crippen molar-refractivity contribution in [3.63, 3.8) is 0 Å². The van der Waals surface area contributed by atoms with E-state index in [2.05, 4.69) is 17.4 Å². The van der Waals surface area contributed by atoms with E-state index in [-0.39, 0.29) is 48.6 Å². The highest BCUT2D eigenvalue weighted by Gasteiger charge is 2.68. The molecular formula is C34H46N2O9. The molecule has 5 N–H and O–H groups in total. The van der Waals surface area contributed by atoms with Crippen LogP contribution in [0.15, 0.2) is 41.1 Å². The number of benzene rings is 1. The van der Waals surface area contributed by atoms with Crippen LogP contribution in [0.4, 0.5) is 0 Å². The van der Waals surface area contributed by atoms with E-state index >= 15 is 0 Å². The van der Waals surface area contributed by atoms with Crippen LogP contribution < -0.4 is 5.32 Å². The molecular weight excluding hydrogens is 580 g/mol. The number of allylic oxidation sites excluding steroid dienone is 2. The second-order valence-electron chi connectivity index (χ2n) is 13.7. The van der Waals surface area contributed by atoms with E-state index in [1.807, 2.05) is 13.0 Å². The van der Waals surface area contributed by atoms with E-state index in [1.54, 1.807) is 19.1 Å². The fourth-order valence-corrected chi connectivity index (χ4v) is 9.08. The summed E-state index contributed by atoms with van der Waals surface area (Å²) in [6.45, 7) is 4.87. The predicted octanol–water partition coefficient (Wildman–Crippen LogP) is 2.58. The number of oxime groups is 1. The predicted molar refractivity (Wildman–Crippen MR) is 164 cm³/mol. The number of phenolic OH excluding ortho intramolecular Hbond substituents is 1. The average molecular weight is 627 g/mol. The van der Waals surface area contributed by atoms with Gasteiger partial charge in [0.2, 0.25) is 0 Å². The first-order valence-electron chi connectivity index (χ1n) is 16.0. The van der Waals surface area contributed by atoms with Crippen molar-refractivity contribution in [3.05, 3.63) is 41.5 Å². The van der Waals surface area contributed by atoms with Crippen LogP contribution in [0.3, 0.4) is 0 Å². The van der Waals surface area contributed by atoms with Crippen LogP contribution in [0.5, 0.6) is 5.75 Å². The highest BCUT2D eigenvalue weighted by molar-refractivity contribution is 5.96. The van der Waals surface area contributed by atoms with Gasteiger partial charge in [-0.3, -0.25) is 9.59 Å². The Morgan fingerprint density at radius 1 is 1.11 bits per heavy atom. The van der Waals surface area contributed by atoms with E-state index in [9.17, 15) is 34.8 Å². The maximum absolute atomic E-state index is 12.7. The summed E-state index contributed by atoms with van der Waals surface area (Å²) in [6, 6.07) is 5.44. The number of esters is 1. The Morgan fingerprint density at radius 2 is 1.84 bits per heavy atom. The minimum Gasteiger partial charge on any atom is -0.508 e. The van der Waals surface area contributed by atoms with Crippen LogP contribution in [-0.4, -0.2) is 81.4 Å². The molecule has 1 amide bonds. The Hall–Kier alpha value is -3.28. The lowest BCUT2D eigenvalue weighted by molar-refractivity contribution is -0.181. The van der Waals surface area contributed by atoms with Crippen molar-refractivity contribution in [1.82, 2.24) is 5.32 Å². The van der Waals surface area contributed by atoms with Crippen molar-refractivity contribution in [2.45, 2.75) is 89.9 Å². The number of amides is 1. The molecule has 3 fully saturated rings. The molecule has 11 heteroatoms. The Kier molecular flexibility index (Phi) is 9.45. The minimum atomic E-state index is -1.62. The number of carbonyl (C=O) groups is 3. The summed E-state index contributed by atoms with van der Waals surface area (Å²) in [5.41, 5.74) is -0.0411. The lowest BCUT2D eigenvalue weighted by atomic mass is 9.45. The number of fused-ring (bicyclic) bond motifs is 5. The number of nitrogens with one attached hydrogen (secondary N) is 1. The fourth-order valence-electron chi connectivity index (χ4n) is 9.08. The summed E-state index contributed by atoms with van der Waals surface area (Å²) < 4.78 is 5.13. The molecule has 4 aliphatic rings. The molecule has 0 aliphatic heterocycles. The number of aliphatic hydroxyl groups excluding tert-OH is 2. The second-order valence-corrected chi connectivity index (χ2v) is 13.7. The van der Waals surface area contributed by atoms with Crippen molar-refractivity contribution in [2.24, 2.45) is 33.7 Å². The Balaban J connectivity index is 1.23. The maximum atomic E-state index is 12.7. The monoisotopic (exact) mass is 626 g/mol. The first-order chi connectivity index (χ1) is 21.4. The summed E-state index contributed by atoms with van der Waals surface area (Å²) in [4.78, 5) is 43.3. The Labute approximate surface area is 263 Å². The molecule has 11 nitrogen and oxygen atoms in total. The lowest BCUT2D eigenvalue weighted by Gasteiger charge is -2.60. The topological polar surface area (TPSA) is 175 Å². The van der Waals surface area contributed by atoms with Gasteiger partial charge in [0.1, 0.15) is 24.0 Å². The molecule has 0 spiro atoms. The molecule has 8 atom stereocenters. The summed E-state index contributed by atoms with van der Waals surface area (Å²) in [7, 11) is 0. The summed E-state index contributed by atoms with van der Waals surface area (Å²) in [5, 5.41) is 49.0. The average Bonchev–Trinajstić information content (AvgIpc) is 3.28. The van der Waals surface area contributed by atoms with Gasteiger partial charge in [0.05, 0.1) is 18.4 Å². The number of Topliss-reactive ketones (excluding diaryl/α,β-unsaturated/α-hetero) is 1. The van der Waals surface area contributed by atoms with Crippen LogP contribution in [0, 0.1) is 28.6 Å². The number of aromatic hydroxyl groups is 1. The van der Waals surface area contributed by atoms with Crippen LogP contribution in [0.2, 0.25) is 0 Å². The summed E-state index contributed by atoms with van der Waals surface area (Å²) >= 11 is 0. The third kappa shape index (κ3) is 6.02. The number of hydrogen-bond donors (Lipinski definition) is 5. The molecule has 45 heavy (non-hydrogen) atoms. The molecule has 0 bridgehead atoms. The number of hydrogen-bond acceptors (Lipinski definition) is 10. The molecule has 5 rings (SSSR count). The summed E-state index contributed by atoms with van der Waals surface area (Å²) in [5.74, 6) is -1.34. The Bertz CT molecular complexity index is 1360. The molecule has 0 saturated heterocycles. The zero-order valence-corrected chi connectivity index (χ0v) is 26.3. The molecule has 0 heterocycles. The van der Waals surface area contributed by atoms with Gasteiger partial charge < -0.3 is 35.3 Å². The SMILES string of the molecule is CCOC(=O)C(Cc1ccc(O)cc1)NC(=O)CO/N=C1/C=C2CCC3C(C(O)C[C@@]4(C)C3CC[C@]4(O)C(=O)CO)[C@@]2(C)CC1. The normalized spacial score (nSPS) is 35.3. The third-order valence-electron chi connectivity index (χ3n) is 11.3. The van der Waals surface area contributed by atoms with E-state index in [4.69, 9.17) is 9.57 Å². The van der Waals surface area contributed by atoms with E-state index in [0.717, 1.165) is 24.8 Å². The molecule has 1 aromatic carbocycles.